The Balaban J connectivity index is 2.02. The van der Waals surface area contributed by atoms with Crippen molar-refractivity contribution in [3.63, 3.8) is 0 Å². The molecular weight excluding hydrogens is 404 g/mol. The Morgan fingerprint density at radius 2 is 1.63 bits per heavy atom. The van der Waals surface area contributed by atoms with Gasteiger partial charge in [-0.25, -0.2) is 9.07 Å². The van der Waals surface area contributed by atoms with Gasteiger partial charge in [-0.2, -0.15) is 18.3 Å². The number of rotatable bonds is 4. The Labute approximate surface area is 168 Å². The predicted octanol–water partition coefficient (Wildman–Crippen LogP) is 4.55. The van der Waals surface area contributed by atoms with E-state index in [1.54, 1.807) is 13.0 Å². The first-order chi connectivity index (χ1) is 14.1. The standard InChI is InChI=1S/C20H16F4N4O2/c1-11-15(26-12(2)29)7-5-8-16(11)27-19(30)13-10-25-28(18(13)20(22,23)24)17-9-4-3-6-14(17)21/h3-10H,1-2H3,(H,26,29)(H,27,30). The highest BCUT2D eigenvalue weighted by Gasteiger charge is 2.41. The van der Waals surface area contributed by atoms with E-state index in [4.69, 9.17) is 0 Å². The first-order valence-electron chi connectivity index (χ1n) is 8.68. The number of hydrogen-bond acceptors (Lipinski definition) is 3. The van der Waals surface area contributed by atoms with Gasteiger partial charge >= 0.3 is 6.18 Å². The Hall–Kier alpha value is -3.69. The Morgan fingerprint density at radius 3 is 2.23 bits per heavy atom. The smallest absolute Gasteiger partial charge is 0.326 e. The summed E-state index contributed by atoms with van der Waals surface area (Å²) < 4.78 is 55.6. The number of halogens is 4. The molecule has 3 aromatic rings. The van der Waals surface area contributed by atoms with Gasteiger partial charge in [0, 0.05) is 18.3 Å². The fourth-order valence-electron chi connectivity index (χ4n) is 2.88. The molecule has 6 nitrogen and oxygen atoms in total. The molecule has 0 aliphatic rings. The van der Waals surface area contributed by atoms with Crippen LogP contribution in [0.15, 0.2) is 48.7 Å². The Morgan fingerprint density at radius 1 is 1.00 bits per heavy atom. The number of aromatic nitrogens is 2. The zero-order valence-corrected chi connectivity index (χ0v) is 15.8. The second-order valence-corrected chi connectivity index (χ2v) is 6.38. The first kappa shape index (κ1) is 21.0. The zero-order chi connectivity index (χ0) is 22.1. The van der Waals surface area contributed by atoms with Crippen molar-refractivity contribution in [2.24, 2.45) is 0 Å². The van der Waals surface area contributed by atoms with Crippen molar-refractivity contribution in [2.75, 3.05) is 10.6 Å². The molecule has 0 aliphatic carbocycles. The molecule has 0 saturated heterocycles. The summed E-state index contributed by atoms with van der Waals surface area (Å²) in [6, 6.07) is 9.40. The zero-order valence-electron chi connectivity index (χ0n) is 15.8. The fourth-order valence-corrected chi connectivity index (χ4v) is 2.88. The van der Waals surface area contributed by atoms with E-state index < -0.39 is 34.8 Å². The molecule has 30 heavy (non-hydrogen) atoms. The molecule has 156 valence electrons. The van der Waals surface area contributed by atoms with Crippen LogP contribution in [0.5, 0.6) is 0 Å². The van der Waals surface area contributed by atoms with E-state index >= 15 is 0 Å². The molecule has 1 heterocycles. The van der Waals surface area contributed by atoms with Crippen LogP contribution < -0.4 is 10.6 Å². The lowest BCUT2D eigenvalue weighted by atomic mass is 10.1. The normalized spacial score (nSPS) is 11.3. The minimum absolute atomic E-state index is 0.206. The SMILES string of the molecule is CC(=O)Nc1cccc(NC(=O)c2cnn(-c3ccccc3F)c2C(F)(F)F)c1C. The molecule has 2 amide bonds. The summed E-state index contributed by atoms with van der Waals surface area (Å²) in [6.45, 7) is 2.89. The van der Waals surface area contributed by atoms with Crippen molar-refractivity contribution >= 4 is 23.2 Å². The lowest BCUT2D eigenvalue weighted by Crippen LogP contribution is -2.21. The van der Waals surface area contributed by atoms with E-state index in [2.05, 4.69) is 15.7 Å². The van der Waals surface area contributed by atoms with Crippen LogP contribution in [0.25, 0.3) is 5.69 Å². The number of hydrogen-bond donors (Lipinski definition) is 2. The summed E-state index contributed by atoms with van der Waals surface area (Å²) >= 11 is 0. The van der Waals surface area contributed by atoms with Gasteiger partial charge < -0.3 is 10.6 Å². The monoisotopic (exact) mass is 420 g/mol. The van der Waals surface area contributed by atoms with Crippen LogP contribution in [-0.2, 0) is 11.0 Å². The average molecular weight is 420 g/mol. The number of alkyl halides is 3. The van der Waals surface area contributed by atoms with Crippen LogP contribution in [0, 0.1) is 12.7 Å². The largest absolute Gasteiger partial charge is 0.434 e. The van der Waals surface area contributed by atoms with Gasteiger partial charge in [0.25, 0.3) is 5.91 Å². The van der Waals surface area contributed by atoms with Gasteiger partial charge in [0.15, 0.2) is 5.69 Å². The van der Waals surface area contributed by atoms with Gasteiger partial charge in [0.2, 0.25) is 5.91 Å². The van der Waals surface area contributed by atoms with Crippen LogP contribution in [0.3, 0.4) is 0 Å². The van der Waals surface area contributed by atoms with Gasteiger partial charge in [-0.15, -0.1) is 0 Å². The summed E-state index contributed by atoms with van der Waals surface area (Å²) in [7, 11) is 0. The summed E-state index contributed by atoms with van der Waals surface area (Å²) in [6.07, 6.45) is -4.24. The van der Waals surface area contributed by atoms with Crippen molar-refractivity contribution in [2.45, 2.75) is 20.0 Å². The molecule has 0 atom stereocenters. The molecule has 10 heteroatoms. The predicted molar refractivity (Wildman–Crippen MR) is 102 cm³/mol. The van der Waals surface area contributed by atoms with Crippen molar-refractivity contribution in [1.29, 1.82) is 0 Å². The van der Waals surface area contributed by atoms with Gasteiger partial charge in [-0.3, -0.25) is 9.59 Å². The van der Waals surface area contributed by atoms with Crippen molar-refractivity contribution in [3.05, 3.63) is 71.3 Å². The molecule has 0 unspecified atom stereocenters. The Bertz CT molecular complexity index is 1120. The molecule has 0 bridgehead atoms. The number of anilines is 2. The maximum absolute atomic E-state index is 14.0. The van der Waals surface area contributed by atoms with E-state index in [1.165, 1.54) is 31.2 Å². The summed E-state index contributed by atoms with van der Waals surface area (Å²) in [4.78, 5) is 23.9. The molecule has 0 aliphatic heterocycles. The molecule has 3 rings (SSSR count). The molecule has 2 N–H and O–H groups in total. The van der Waals surface area contributed by atoms with E-state index in [9.17, 15) is 27.2 Å². The molecule has 1 aromatic heterocycles. The van der Waals surface area contributed by atoms with Crippen molar-refractivity contribution in [3.8, 4) is 5.69 Å². The van der Waals surface area contributed by atoms with Gasteiger partial charge in [-0.1, -0.05) is 18.2 Å². The Kier molecular flexibility index (Phi) is 5.59. The van der Waals surface area contributed by atoms with Crippen molar-refractivity contribution < 1.29 is 27.2 Å². The highest BCUT2D eigenvalue weighted by atomic mass is 19.4. The van der Waals surface area contributed by atoms with Crippen LogP contribution in [0.4, 0.5) is 28.9 Å². The second kappa shape index (κ2) is 7.97. The third-order valence-corrected chi connectivity index (χ3v) is 4.26. The first-order valence-corrected chi connectivity index (χ1v) is 8.68. The minimum Gasteiger partial charge on any atom is -0.326 e. The third-order valence-electron chi connectivity index (χ3n) is 4.26. The van der Waals surface area contributed by atoms with E-state index in [1.807, 2.05) is 0 Å². The number of para-hydroxylation sites is 1. The number of nitrogens with zero attached hydrogens (tertiary/aromatic N) is 2. The maximum atomic E-state index is 14.0. The quantitative estimate of drug-likeness (QED) is 0.608. The van der Waals surface area contributed by atoms with Gasteiger partial charge in [0.1, 0.15) is 11.5 Å². The number of carbonyl (C=O) groups excluding carboxylic acids is 2. The third kappa shape index (κ3) is 4.17. The fraction of sp³-hybridized carbons (Fsp3) is 0.150. The van der Waals surface area contributed by atoms with Crippen LogP contribution in [0.1, 0.15) is 28.5 Å². The van der Waals surface area contributed by atoms with Crippen LogP contribution >= 0.6 is 0 Å². The second-order valence-electron chi connectivity index (χ2n) is 6.38. The van der Waals surface area contributed by atoms with Crippen molar-refractivity contribution in [1.82, 2.24) is 9.78 Å². The minimum atomic E-state index is -4.97. The summed E-state index contributed by atoms with van der Waals surface area (Å²) in [5.41, 5.74) is -1.55. The molecule has 0 radical (unpaired) electrons. The molecule has 0 saturated carbocycles. The summed E-state index contributed by atoms with van der Waals surface area (Å²) in [5.74, 6) is -2.34. The van der Waals surface area contributed by atoms with Gasteiger partial charge in [0.05, 0.1) is 11.8 Å². The number of benzene rings is 2. The van der Waals surface area contributed by atoms with Gasteiger partial charge in [-0.05, 0) is 36.8 Å². The maximum Gasteiger partial charge on any atom is 0.434 e. The topological polar surface area (TPSA) is 76.0 Å². The lowest BCUT2D eigenvalue weighted by molar-refractivity contribution is -0.143. The summed E-state index contributed by atoms with van der Waals surface area (Å²) in [5, 5.41) is 8.55. The highest BCUT2D eigenvalue weighted by Crippen LogP contribution is 2.35. The number of carbonyl (C=O) groups is 2. The number of amides is 2. The number of nitrogens with one attached hydrogen (secondary N) is 2. The molecule has 0 fully saturated rings. The molecule has 0 spiro atoms. The lowest BCUT2D eigenvalue weighted by Gasteiger charge is -2.15. The van der Waals surface area contributed by atoms with E-state index in [0.29, 0.717) is 15.9 Å². The average Bonchev–Trinajstić information content (AvgIpc) is 3.10. The van der Waals surface area contributed by atoms with E-state index in [-0.39, 0.29) is 11.6 Å². The van der Waals surface area contributed by atoms with E-state index in [0.717, 1.165) is 18.3 Å². The van der Waals surface area contributed by atoms with Crippen LogP contribution in [-0.4, -0.2) is 21.6 Å². The molecular formula is C20H16F4N4O2. The highest BCUT2D eigenvalue weighted by molar-refractivity contribution is 6.06. The molecule has 2 aromatic carbocycles. The van der Waals surface area contributed by atoms with Crippen LogP contribution in [0.2, 0.25) is 0 Å².